The van der Waals surface area contributed by atoms with Crippen molar-refractivity contribution in [3.8, 4) is 0 Å². The van der Waals surface area contributed by atoms with Crippen LogP contribution < -0.4 is 16.4 Å². The van der Waals surface area contributed by atoms with Crippen molar-refractivity contribution in [3.63, 3.8) is 0 Å². The van der Waals surface area contributed by atoms with Crippen molar-refractivity contribution in [2.24, 2.45) is 0 Å². The highest BCUT2D eigenvalue weighted by molar-refractivity contribution is 5.77. The van der Waals surface area contributed by atoms with E-state index in [1.807, 2.05) is 31.2 Å². The molecule has 1 amide bonds. The van der Waals surface area contributed by atoms with Gasteiger partial charge < -0.3 is 16.4 Å². The van der Waals surface area contributed by atoms with Gasteiger partial charge in [0.1, 0.15) is 5.82 Å². The molecular formula is C22H26N4O. The summed E-state index contributed by atoms with van der Waals surface area (Å²) in [6, 6.07) is 12.3. The maximum absolute atomic E-state index is 11.9. The molecule has 2 aromatic rings. The van der Waals surface area contributed by atoms with E-state index in [2.05, 4.69) is 46.0 Å². The number of nitrogen functional groups attached to an aromatic ring is 1. The monoisotopic (exact) mass is 362 g/mol. The third-order valence-electron chi connectivity index (χ3n) is 4.56. The van der Waals surface area contributed by atoms with E-state index in [9.17, 15) is 4.79 Å². The highest BCUT2D eigenvalue weighted by Crippen LogP contribution is 2.28. The Morgan fingerprint density at radius 1 is 1.30 bits per heavy atom. The largest absolute Gasteiger partial charge is 0.382 e. The summed E-state index contributed by atoms with van der Waals surface area (Å²) in [5.74, 6) is 0.849. The van der Waals surface area contributed by atoms with E-state index in [-0.39, 0.29) is 11.8 Å². The molecule has 3 rings (SSSR count). The van der Waals surface area contributed by atoms with Crippen LogP contribution in [0, 0.1) is 0 Å². The smallest absolute Gasteiger partial charge is 0.224 e. The number of nitrogens with two attached hydrogens (primary N) is 1. The van der Waals surface area contributed by atoms with E-state index in [0.29, 0.717) is 18.8 Å². The van der Waals surface area contributed by atoms with Gasteiger partial charge in [0.2, 0.25) is 5.91 Å². The van der Waals surface area contributed by atoms with Gasteiger partial charge in [-0.05, 0) is 42.2 Å². The second-order valence-corrected chi connectivity index (χ2v) is 6.72. The van der Waals surface area contributed by atoms with Crippen LogP contribution in [0.3, 0.4) is 0 Å². The Labute approximate surface area is 160 Å². The van der Waals surface area contributed by atoms with Crippen molar-refractivity contribution in [1.82, 2.24) is 10.3 Å². The third-order valence-corrected chi connectivity index (χ3v) is 4.56. The van der Waals surface area contributed by atoms with E-state index in [1.165, 1.54) is 11.1 Å². The van der Waals surface area contributed by atoms with Crippen LogP contribution in [0.25, 0.3) is 0 Å². The predicted octanol–water partition coefficient (Wildman–Crippen LogP) is 4.12. The summed E-state index contributed by atoms with van der Waals surface area (Å²) in [6.45, 7) is 2.69. The van der Waals surface area contributed by atoms with Crippen LogP contribution in [0.1, 0.15) is 43.2 Å². The molecule has 5 nitrogen and oxygen atoms in total. The third kappa shape index (κ3) is 5.20. The number of pyridine rings is 1. The Morgan fingerprint density at radius 3 is 3.00 bits per heavy atom. The molecule has 1 aromatic heterocycles. The van der Waals surface area contributed by atoms with Gasteiger partial charge in [0.05, 0.1) is 5.69 Å². The molecule has 0 radical (unpaired) electrons. The van der Waals surface area contributed by atoms with Gasteiger partial charge in [-0.25, -0.2) is 4.98 Å². The van der Waals surface area contributed by atoms with Crippen LogP contribution in [0.4, 0.5) is 11.5 Å². The van der Waals surface area contributed by atoms with Crippen LogP contribution in [0.2, 0.25) is 0 Å². The predicted molar refractivity (Wildman–Crippen MR) is 110 cm³/mol. The molecule has 1 aliphatic rings. The van der Waals surface area contributed by atoms with E-state index < -0.39 is 0 Å². The zero-order valence-corrected chi connectivity index (χ0v) is 15.6. The van der Waals surface area contributed by atoms with Crippen molar-refractivity contribution in [2.45, 2.75) is 38.6 Å². The summed E-state index contributed by atoms with van der Waals surface area (Å²) in [5, 5.41) is 6.36. The van der Waals surface area contributed by atoms with E-state index in [1.54, 1.807) is 6.20 Å². The van der Waals surface area contributed by atoms with Crippen molar-refractivity contribution < 1.29 is 4.79 Å². The van der Waals surface area contributed by atoms with Gasteiger partial charge in [0.25, 0.3) is 0 Å². The average molecular weight is 362 g/mol. The number of hydrogen-bond donors (Lipinski definition) is 3. The summed E-state index contributed by atoms with van der Waals surface area (Å²) < 4.78 is 0. The lowest BCUT2D eigenvalue weighted by atomic mass is 9.90. The molecule has 0 spiro atoms. The van der Waals surface area contributed by atoms with Gasteiger partial charge in [0, 0.05) is 30.8 Å². The zero-order valence-electron chi connectivity index (χ0n) is 15.6. The molecule has 27 heavy (non-hydrogen) atoms. The molecule has 0 saturated carbocycles. The van der Waals surface area contributed by atoms with Gasteiger partial charge in [0.15, 0.2) is 0 Å². The first kappa shape index (κ1) is 18.7. The maximum atomic E-state index is 11.9. The first-order valence-corrected chi connectivity index (χ1v) is 9.36. The van der Waals surface area contributed by atoms with Crippen molar-refractivity contribution in [2.75, 3.05) is 11.1 Å². The van der Waals surface area contributed by atoms with Gasteiger partial charge in [-0.3, -0.25) is 4.79 Å². The summed E-state index contributed by atoms with van der Waals surface area (Å²) in [6.07, 6.45) is 10.1. The fraction of sp³-hybridized carbons (Fsp3) is 0.273. The summed E-state index contributed by atoms with van der Waals surface area (Å²) in [7, 11) is 0. The van der Waals surface area contributed by atoms with Gasteiger partial charge >= 0.3 is 0 Å². The second-order valence-electron chi connectivity index (χ2n) is 6.72. The first-order valence-electron chi connectivity index (χ1n) is 9.36. The Balaban J connectivity index is 1.63. The van der Waals surface area contributed by atoms with E-state index in [0.717, 1.165) is 24.2 Å². The number of nitrogens with one attached hydrogen (secondary N) is 2. The number of nitrogens with zero attached hydrogens (tertiary/aromatic N) is 1. The number of carbonyl (C=O) groups excluding carboxylic acids is 1. The molecule has 0 saturated heterocycles. The normalized spacial score (nSPS) is 15.9. The number of rotatable bonds is 7. The Kier molecular flexibility index (Phi) is 6.26. The molecule has 1 aromatic carbocycles. The van der Waals surface area contributed by atoms with Gasteiger partial charge in [-0.2, -0.15) is 0 Å². The molecule has 1 heterocycles. The van der Waals surface area contributed by atoms with Crippen molar-refractivity contribution >= 4 is 17.4 Å². The highest BCUT2D eigenvalue weighted by Gasteiger charge is 2.15. The molecule has 0 aliphatic heterocycles. The Morgan fingerprint density at radius 2 is 2.19 bits per heavy atom. The molecule has 1 unspecified atom stereocenters. The number of carbonyl (C=O) groups is 1. The standard InChI is InChI=1S/C22H26N4O/c1-2-6-21(27)26-19-10-4-9-18(14-19)17-8-3-7-16(13-17)15-25-20-11-5-12-24-22(20)23/h3-5,7-13,18,25H,2,6,14-15H2,1H3,(H2,23,24)(H,26,27). The molecule has 1 aliphatic carbocycles. The van der Waals surface area contributed by atoms with E-state index >= 15 is 0 Å². The molecule has 5 heteroatoms. The number of benzene rings is 1. The lowest BCUT2D eigenvalue weighted by molar-refractivity contribution is -0.120. The fourth-order valence-corrected chi connectivity index (χ4v) is 3.17. The van der Waals surface area contributed by atoms with Crippen LogP contribution in [-0.2, 0) is 11.3 Å². The molecule has 1 atom stereocenters. The number of amides is 1. The highest BCUT2D eigenvalue weighted by atomic mass is 16.1. The summed E-state index contributed by atoms with van der Waals surface area (Å²) >= 11 is 0. The minimum absolute atomic E-state index is 0.0878. The van der Waals surface area contributed by atoms with Crippen molar-refractivity contribution in [1.29, 1.82) is 0 Å². The molecular weight excluding hydrogens is 336 g/mol. The lowest BCUT2D eigenvalue weighted by Crippen LogP contribution is -2.24. The number of hydrogen-bond acceptors (Lipinski definition) is 4. The maximum Gasteiger partial charge on any atom is 0.224 e. The van der Waals surface area contributed by atoms with Gasteiger partial charge in [-0.1, -0.05) is 43.3 Å². The molecule has 0 fully saturated rings. The fourth-order valence-electron chi connectivity index (χ4n) is 3.17. The number of anilines is 2. The summed E-state index contributed by atoms with van der Waals surface area (Å²) in [4.78, 5) is 15.9. The van der Waals surface area contributed by atoms with Crippen molar-refractivity contribution in [3.05, 3.63) is 77.6 Å². The SMILES string of the molecule is CCCC(=O)NC1=CC=CC(c2cccc(CNc3cccnc3N)c2)C1. The summed E-state index contributed by atoms with van der Waals surface area (Å²) in [5.41, 5.74) is 10.1. The van der Waals surface area contributed by atoms with Crippen LogP contribution in [0.15, 0.2) is 66.5 Å². The lowest BCUT2D eigenvalue weighted by Gasteiger charge is -2.20. The Hall–Kier alpha value is -3.08. The zero-order chi connectivity index (χ0) is 19.1. The second kappa shape index (κ2) is 9.03. The average Bonchev–Trinajstić information content (AvgIpc) is 2.68. The minimum atomic E-state index is 0.0878. The molecule has 4 N–H and O–H groups in total. The first-order chi connectivity index (χ1) is 13.2. The van der Waals surface area contributed by atoms with Crippen LogP contribution >= 0.6 is 0 Å². The van der Waals surface area contributed by atoms with Crippen LogP contribution in [-0.4, -0.2) is 10.9 Å². The topological polar surface area (TPSA) is 80.0 Å². The number of aromatic nitrogens is 1. The van der Waals surface area contributed by atoms with Crippen LogP contribution in [0.5, 0.6) is 0 Å². The molecule has 0 bridgehead atoms. The minimum Gasteiger partial charge on any atom is -0.382 e. The quantitative estimate of drug-likeness (QED) is 0.692. The molecule has 140 valence electrons. The van der Waals surface area contributed by atoms with Gasteiger partial charge in [-0.15, -0.1) is 0 Å². The van der Waals surface area contributed by atoms with E-state index in [4.69, 9.17) is 5.73 Å². The Bertz CT molecular complexity index is 857. The number of allylic oxidation sites excluding steroid dienone is 4.